The largest absolute Gasteiger partial charge is 0.452 e. The number of carbonyl (C=O) groups is 2. The van der Waals surface area contributed by atoms with Gasteiger partial charge < -0.3 is 10.1 Å². The third-order valence-corrected chi connectivity index (χ3v) is 2.97. The van der Waals surface area contributed by atoms with Crippen LogP contribution in [0.15, 0.2) is 54.6 Å². The van der Waals surface area contributed by atoms with E-state index in [4.69, 9.17) is 16.3 Å². The summed E-state index contributed by atoms with van der Waals surface area (Å²) in [5, 5.41) is 3.04. The minimum absolute atomic E-state index is 0.359. The van der Waals surface area contributed by atoms with Crippen molar-refractivity contribution in [2.24, 2.45) is 0 Å². The van der Waals surface area contributed by atoms with Crippen molar-refractivity contribution in [3.8, 4) is 0 Å². The molecular weight excluding hydrogens is 321 g/mol. The van der Waals surface area contributed by atoms with Crippen molar-refractivity contribution in [1.82, 2.24) is 0 Å². The van der Waals surface area contributed by atoms with Gasteiger partial charge in [0.2, 0.25) is 0 Å². The average molecular weight is 334 g/mol. The molecule has 0 atom stereocenters. The Bertz CT molecular complexity index is 729. The first-order valence-corrected chi connectivity index (χ1v) is 7.06. The van der Waals surface area contributed by atoms with Gasteiger partial charge in [-0.2, -0.15) is 0 Å². The highest BCUT2D eigenvalue weighted by Crippen LogP contribution is 2.14. The molecule has 0 bridgehead atoms. The zero-order chi connectivity index (χ0) is 16.7. The summed E-state index contributed by atoms with van der Waals surface area (Å²) in [5.74, 6) is -1.51. The second kappa shape index (κ2) is 8.10. The van der Waals surface area contributed by atoms with Crippen LogP contribution in [-0.2, 0) is 14.3 Å². The molecule has 1 amide bonds. The Morgan fingerprint density at radius 3 is 2.61 bits per heavy atom. The Morgan fingerprint density at radius 1 is 1.17 bits per heavy atom. The standard InChI is InChI=1S/C17H13ClFNO3/c18-13-2-1-3-15(10-13)20-16(21)11-23-17(22)9-6-12-4-7-14(19)8-5-12/h1-10H,11H2,(H,20,21)/b9-6+. The lowest BCUT2D eigenvalue weighted by atomic mass is 10.2. The lowest BCUT2D eigenvalue weighted by molar-refractivity contribution is -0.142. The van der Waals surface area contributed by atoms with Crippen molar-refractivity contribution in [2.75, 3.05) is 11.9 Å². The predicted molar refractivity (Wildman–Crippen MR) is 86.5 cm³/mol. The van der Waals surface area contributed by atoms with E-state index in [1.807, 2.05) is 0 Å². The van der Waals surface area contributed by atoms with Crippen molar-refractivity contribution in [3.05, 3.63) is 71.0 Å². The number of nitrogens with one attached hydrogen (secondary N) is 1. The molecule has 0 aliphatic rings. The average Bonchev–Trinajstić information content (AvgIpc) is 2.52. The monoisotopic (exact) mass is 333 g/mol. The molecular formula is C17H13ClFNO3. The van der Waals surface area contributed by atoms with E-state index in [0.29, 0.717) is 16.3 Å². The van der Waals surface area contributed by atoms with Crippen LogP contribution in [0.3, 0.4) is 0 Å². The highest BCUT2D eigenvalue weighted by Gasteiger charge is 2.06. The lowest BCUT2D eigenvalue weighted by Gasteiger charge is -2.05. The zero-order valence-corrected chi connectivity index (χ0v) is 12.7. The van der Waals surface area contributed by atoms with Gasteiger partial charge in [0.1, 0.15) is 5.82 Å². The van der Waals surface area contributed by atoms with Crippen LogP contribution in [0.5, 0.6) is 0 Å². The smallest absolute Gasteiger partial charge is 0.331 e. The van der Waals surface area contributed by atoms with Crippen LogP contribution in [0.25, 0.3) is 6.08 Å². The number of halogens is 2. The minimum Gasteiger partial charge on any atom is -0.452 e. The topological polar surface area (TPSA) is 55.4 Å². The van der Waals surface area contributed by atoms with Crippen molar-refractivity contribution in [2.45, 2.75) is 0 Å². The molecule has 118 valence electrons. The lowest BCUT2D eigenvalue weighted by Crippen LogP contribution is -2.20. The summed E-state index contributed by atoms with van der Waals surface area (Å²) in [7, 11) is 0. The molecule has 0 unspecified atom stereocenters. The van der Waals surface area contributed by atoms with E-state index in [2.05, 4.69) is 5.32 Å². The summed E-state index contributed by atoms with van der Waals surface area (Å²) >= 11 is 5.80. The molecule has 0 spiro atoms. The van der Waals surface area contributed by atoms with E-state index < -0.39 is 18.5 Å². The van der Waals surface area contributed by atoms with Crippen LogP contribution in [0, 0.1) is 5.82 Å². The molecule has 0 radical (unpaired) electrons. The number of hydrogen-bond donors (Lipinski definition) is 1. The molecule has 6 heteroatoms. The van der Waals surface area contributed by atoms with Gasteiger partial charge in [-0.1, -0.05) is 29.8 Å². The first kappa shape index (κ1) is 16.7. The summed E-state index contributed by atoms with van der Waals surface area (Å²) in [6.45, 7) is -0.418. The minimum atomic E-state index is -0.671. The van der Waals surface area contributed by atoms with E-state index >= 15 is 0 Å². The van der Waals surface area contributed by atoms with Crippen molar-refractivity contribution < 1.29 is 18.7 Å². The van der Waals surface area contributed by atoms with E-state index in [-0.39, 0.29) is 5.82 Å². The number of ether oxygens (including phenoxy) is 1. The number of hydrogen-bond acceptors (Lipinski definition) is 3. The summed E-state index contributed by atoms with van der Waals surface area (Å²) in [5.41, 5.74) is 1.16. The molecule has 2 rings (SSSR count). The Labute approximate surface area is 137 Å². The summed E-state index contributed by atoms with van der Waals surface area (Å²) in [6, 6.07) is 12.2. The van der Waals surface area contributed by atoms with Gasteiger partial charge in [0.05, 0.1) is 0 Å². The predicted octanol–water partition coefficient (Wildman–Crippen LogP) is 3.67. The van der Waals surface area contributed by atoms with Gasteiger partial charge in [0.25, 0.3) is 5.91 Å². The molecule has 4 nitrogen and oxygen atoms in total. The van der Waals surface area contributed by atoms with Gasteiger partial charge >= 0.3 is 5.97 Å². The quantitative estimate of drug-likeness (QED) is 0.671. The molecule has 0 fully saturated rings. The van der Waals surface area contributed by atoms with Gasteiger partial charge in [-0.05, 0) is 42.0 Å². The Kier molecular flexibility index (Phi) is 5.88. The number of anilines is 1. The summed E-state index contributed by atoms with van der Waals surface area (Å²) in [4.78, 5) is 23.2. The number of amides is 1. The third kappa shape index (κ3) is 5.92. The van der Waals surface area contributed by atoms with Crippen molar-refractivity contribution >= 4 is 35.2 Å². The Hall–Kier alpha value is -2.66. The molecule has 0 heterocycles. The second-order valence-corrected chi connectivity index (χ2v) is 4.99. The maximum Gasteiger partial charge on any atom is 0.331 e. The van der Waals surface area contributed by atoms with Crippen LogP contribution >= 0.6 is 11.6 Å². The fourth-order valence-corrected chi connectivity index (χ4v) is 1.88. The molecule has 2 aromatic rings. The second-order valence-electron chi connectivity index (χ2n) is 4.55. The SMILES string of the molecule is O=C(COC(=O)/C=C/c1ccc(F)cc1)Nc1cccc(Cl)c1. The number of esters is 1. The van der Waals surface area contributed by atoms with E-state index in [9.17, 15) is 14.0 Å². The van der Waals surface area contributed by atoms with Crippen LogP contribution < -0.4 is 5.32 Å². The van der Waals surface area contributed by atoms with Gasteiger partial charge in [-0.3, -0.25) is 4.79 Å². The van der Waals surface area contributed by atoms with Crippen LogP contribution in [0.4, 0.5) is 10.1 Å². The normalized spacial score (nSPS) is 10.5. The van der Waals surface area contributed by atoms with Crippen LogP contribution in [0.1, 0.15) is 5.56 Å². The van der Waals surface area contributed by atoms with Gasteiger partial charge in [0, 0.05) is 16.8 Å². The fourth-order valence-electron chi connectivity index (χ4n) is 1.69. The highest BCUT2D eigenvalue weighted by atomic mass is 35.5. The van der Waals surface area contributed by atoms with Crippen molar-refractivity contribution in [3.63, 3.8) is 0 Å². The third-order valence-electron chi connectivity index (χ3n) is 2.74. The zero-order valence-electron chi connectivity index (χ0n) is 12.0. The molecule has 0 saturated carbocycles. The van der Waals surface area contributed by atoms with E-state index in [1.165, 1.54) is 36.4 Å². The number of benzene rings is 2. The number of carbonyl (C=O) groups excluding carboxylic acids is 2. The summed E-state index contributed by atoms with van der Waals surface area (Å²) < 4.78 is 17.5. The molecule has 23 heavy (non-hydrogen) atoms. The highest BCUT2D eigenvalue weighted by molar-refractivity contribution is 6.30. The van der Waals surface area contributed by atoms with E-state index in [1.54, 1.807) is 24.3 Å². The Balaban J connectivity index is 1.79. The molecule has 1 N–H and O–H groups in total. The molecule has 2 aromatic carbocycles. The van der Waals surface area contributed by atoms with Crippen molar-refractivity contribution in [1.29, 1.82) is 0 Å². The molecule has 0 aliphatic heterocycles. The first-order valence-electron chi connectivity index (χ1n) is 6.69. The number of rotatable bonds is 5. The van der Waals surface area contributed by atoms with Crippen LogP contribution in [0.2, 0.25) is 5.02 Å². The van der Waals surface area contributed by atoms with E-state index in [0.717, 1.165) is 0 Å². The van der Waals surface area contributed by atoms with Gasteiger partial charge in [-0.25, -0.2) is 9.18 Å². The summed E-state index contributed by atoms with van der Waals surface area (Å²) in [6.07, 6.45) is 2.64. The first-order chi connectivity index (χ1) is 11.0. The fraction of sp³-hybridized carbons (Fsp3) is 0.0588. The Morgan fingerprint density at radius 2 is 1.91 bits per heavy atom. The maximum absolute atomic E-state index is 12.7. The van der Waals surface area contributed by atoms with Gasteiger partial charge in [-0.15, -0.1) is 0 Å². The molecule has 0 aromatic heterocycles. The van der Waals surface area contributed by atoms with Gasteiger partial charge in [0.15, 0.2) is 6.61 Å². The molecule has 0 aliphatic carbocycles. The maximum atomic E-state index is 12.7. The van der Waals surface area contributed by atoms with Crippen LogP contribution in [-0.4, -0.2) is 18.5 Å². The molecule has 0 saturated heterocycles.